The normalized spacial score (nSPS) is 13.4. The monoisotopic (exact) mass is 434 g/mol. The van der Waals surface area contributed by atoms with Crippen LogP contribution in [0.25, 0.3) is 16.7 Å². The van der Waals surface area contributed by atoms with E-state index in [1.54, 1.807) is 5.01 Å². The Hall–Kier alpha value is -1.73. The third kappa shape index (κ3) is 3.52. The van der Waals surface area contributed by atoms with Crippen molar-refractivity contribution >= 4 is 17.2 Å². The molecule has 1 aliphatic rings. The number of hydrazine groups is 1. The van der Waals surface area contributed by atoms with Crippen molar-refractivity contribution in [2.45, 2.75) is 13.3 Å². The fraction of sp³-hybridized carbons (Fsp3) is 0.263. The molecule has 0 bridgehead atoms. The number of carbonyl (C=O) groups is 1. The molecular formula is C19H21IN3O-. The molecule has 0 fully saturated rings. The topological polar surface area (TPSA) is 45.2 Å². The Morgan fingerprint density at radius 1 is 1.33 bits per heavy atom. The first-order valence-electron chi connectivity index (χ1n) is 7.84. The first kappa shape index (κ1) is 17.1. The number of allylic oxidation sites excluding steroid dienone is 1. The Labute approximate surface area is 153 Å². The summed E-state index contributed by atoms with van der Waals surface area (Å²) in [4.78, 5) is 18.8. The molecule has 1 amide bonds. The molecule has 1 aromatic heterocycles. The molecule has 1 aliphatic heterocycles. The van der Waals surface area contributed by atoms with E-state index in [4.69, 9.17) is 0 Å². The average molecular weight is 434 g/mol. The number of nitrogens with one attached hydrogen (secondary N) is 1. The minimum absolute atomic E-state index is 0.116. The van der Waals surface area contributed by atoms with Gasteiger partial charge in [0.2, 0.25) is 0 Å². The third-order valence-electron chi connectivity index (χ3n) is 4.03. The molecule has 126 valence electrons. The van der Waals surface area contributed by atoms with E-state index in [1.807, 2.05) is 25.4 Å². The van der Waals surface area contributed by atoms with Crippen LogP contribution >= 0.6 is 0 Å². The van der Waals surface area contributed by atoms with Crippen LogP contribution in [0.1, 0.15) is 18.1 Å². The van der Waals surface area contributed by atoms with Crippen LogP contribution in [0, 0.1) is 0 Å². The fourth-order valence-electron chi connectivity index (χ4n) is 2.75. The van der Waals surface area contributed by atoms with Crippen LogP contribution in [0.4, 0.5) is 5.69 Å². The predicted octanol–water partition coefficient (Wildman–Crippen LogP) is -0.106. The van der Waals surface area contributed by atoms with Crippen molar-refractivity contribution in [1.82, 2.24) is 10.4 Å². The molecule has 0 spiro atoms. The van der Waals surface area contributed by atoms with Gasteiger partial charge in [0.15, 0.2) is 0 Å². The Bertz CT molecular complexity index is 788. The van der Waals surface area contributed by atoms with E-state index in [0.29, 0.717) is 6.42 Å². The van der Waals surface area contributed by atoms with Crippen molar-refractivity contribution in [3.05, 3.63) is 54.4 Å². The van der Waals surface area contributed by atoms with Gasteiger partial charge in [-0.05, 0) is 6.92 Å². The van der Waals surface area contributed by atoms with E-state index in [0.717, 1.165) is 44.5 Å². The van der Waals surface area contributed by atoms with Crippen LogP contribution in [0.3, 0.4) is 0 Å². The second-order valence-electron chi connectivity index (χ2n) is 5.86. The molecule has 0 saturated carbocycles. The van der Waals surface area contributed by atoms with E-state index >= 15 is 0 Å². The summed E-state index contributed by atoms with van der Waals surface area (Å²) in [5.74, 6) is 0.116. The van der Waals surface area contributed by atoms with Crippen molar-refractivity contribution in [2.24, 2.45) is 0 Å². The zero-order chi connectivity index (χ0) is 17.1. The molecule has 24 heavy (non-hydrogen) atoms. The molecule has 4 nitrogen and oxygen atoms in total. The maximum atomic E-state index is 12.3. The number of rotatable bonds is 6. The van der Waals surface area contributed by atoms with E-state index in [9.17, 15) is 4.79 Å². The number of hydrogen-bond acceptors (Lipinski definition) is 3. The maximum absolute atomic E-state index is 12.3. The molecule has 0 unspecified atom stereocenters. The molecule has 0 atom stereocenters. The quantitative estimate of drug-likeness (QED) is 0.393. The number of nitrogens with zero attached hydrogens (tertiary/aromatic N) is 2. The van der Waals surface area contributed by atoms with Crippen LogP contribution in [0.15, 0.2) is 43.2 Å². The van der Waals surface area contributed by atoms with Crippen LogP contribution in [-0.4, -0.2) is 26.8 Å². The Kier molecular flexibility index (Phi) is 5.30. The van der Waals surface area contributed by atoms with Crippen molar-refractivity contribution in [1.29, 1.82) is 0 Å². The number of fused-ring (bicyclic) bond motifs is 1. The van der Waals surface area contributed by atoms with Crippen LogP contribution in [0.2, 0.25) is 0 Å². The van der Waals surface area contributed by atoms with E-state index in [1.165, 1.54) is 0 Å². The zero-order valence-electron chi connectivity index (χ0n) is 14.0. The summed E-state index contributed by atoms with van der Waals surface area (Å²) < 4.78 is 1.16. The molecule has 1 aromatic carbocycles. The average Bonchev–Trinajstić information content (AvgIpc) is 2.90. The molecular weight excluding hydrogens is 413 g/mol. The summed E-state index contributed by atoms with van der Waals surface area (Å²) >= 11 is 0.243. The number of halogens is 1. The number of amides is 1. The van der Waals surface area contributed by atoms with Gasteiger partial charge >= 0.3 is 140 Å². The number of aromatic nitrogens is 1. The zero-order valence-corrected chi connectivity index (χ0v) is 16.1. The first-order valence-corrected chi connectivity index (χ1v) is 11.5. The number of hydrogen-bond donors (Lipinski definition) is 1. The number of carbonyl (C=O) groups excluding carboxylic acids is 1. The van der Waals surface area contributed by atoms with Crippen molar-refractivity contribution in [3.8, 4) is 11.1 Å². The van der Waals surface area contributed by atoms with E-state index < -0.39 is 0 Å². The number of pyridine rings is 1. The van der Waals surface area contributed by atoms with Gasteiger partial charge in [0, 0.05) is 0 Å². The van der Waals surface area contributed by atoms with Gasteiger partial charge in [-0.3, -0.25) is 0 Å². The first-order chi connectivity index (χ1) is 11.6. The van der Waals surface area contributed by atoms with Gasteiger partial charge in [-0.2, -0.15) is 0 Å². The summed E-state index contributed by atoms with van der Waals surface area (Å²) in [6.45, 7) is 6.81. The number of benzene rings is 1. The molecule has 0 radical (unpaired) electrons. The van der Waals surface area contributed by atoms with Crippen molar-refractivity contribution in [3.63, 3.8) is 0 Å². The SMILES string of the molecule is C=C(C)c1cncc(-c2ccc3c(c2)CC(=O)N3NCC[I-]C)c1. The van der Waals surface area contributed by atoms with Gasteiger partial charge in [-0.1, -0.05) is 6.58 Å². The second kappa shape index (κ2) is 7.44. The van der Waals surface area contributed by atoms with Gasteiger partial charge < -0.3 is 0 Å². The summed E-state index contributed by atoms with van der Waals surface area (Å²) in [5.41, 5.74) is 9.46. The Morgan fingerprint density at radius 3 is 2.92 bits per heavy atom. The van der Waals surface area contributed by atoms with E-state index in [-0.39, 0.29) is 27.1 Å². The van der Waals surface area contributed by atoms with Gasteiger partial charge in [-0.15, -0.1) is 0 Å². The Balaban J connectivity index is 1.88. The molecule has 0 saturated heterocycles. The Morgan fingerprint density at radius 2 is 2.17 bits per heavy atom. The molecule has 2 aromatic rings. The number of anilines is 1. The van der Waals surface area contributed by atoms with Gasteiger partial charge in [0.05, 0.1) is 0 Å². The number of alkyl halides is 2. The molecule has 2 heterocycles. The van der Waals surface area contributed by atoms with Crippen molar-refractivity contribution in [2.75, 3.05) is 20.9 Å². The van der Waals surface area contributed by atoms with Crippen molar-refractivity contribution < 1.29 is 26.0 Å². The van der Waals surface area contributed by atoms with Gasteiger partial charge in [-0.25, -0.2) is 0 Å². The summed E-state index contributed by atoms with van der Waals surface area (Å²) in [6, 6.07) is 8.27. The molecule has 1 N–H and O–H groups in total. The van der Waals surface area contributed by atoms with Crippen LogP contribution in [-0.2, 0) is 11.2 Å². The van der Waals surface area contributed by atoms with Crippen LogP contribution in [0.5, 0.6) is 0 Å². The second-order valence-corrected chi connectivity index (χ2v) is 8.46. The van der Waals surface area contributed by atoms with Crippen LogP contribution < -0.4 is 31.6 Å². The predicted molar refractivity (Wildman–Crippen MR) is 94.4 cm³/mol. The minimum atomic E-state index is 0.116. The molecule has 3 rings (SSSR count). The fourth-order valence-corrected chi connectivity index (χ4v) is 3.53. The van der Waals surface area contributed by atoms with Gasteiger partial charge in [0.1, 0.15) is 0 Å². The molecule has 5 heteroatoms. The standard InChI is InChI=1S/C19H21IN3O/c1-13(2)16-9-17(12-21-11-16)14-4-5-18-15(8-14)10-19(24)23(18)22-7-6-20-3/h4-5,8-9,11-12,22H,1,6-7,10H2,2-3H3/q-1. The summed E-state index contributed by atoms with van der Waals surface area (Å²) in [5, 5.41) is 1.71. The third-order valence-corrected chi connectivity index (χ3v) is 5.65. The summed E-state index contributed by atoms with van der Waals surface area (Å²) in [6.07, 6.45) is 4.13. The summed E-state index contributed by atoms with van der Waals surface area (Å²) in [7, 11) is 0. The van der Waals surface area contributed by atoms with E-state index in [2.05, 4.69) is 40.1 Å². The molecule has 0 aliphatic carbocycles. The van der Waals surface area contributed by atoms with Gasteiger partial charge in [0.25, 0.3) is 0 Å².